The predicted molar refractivity (Wildman–Crippen MR) is 67.8 cm³/mol. The Morgan fingerprint density at radius 3 is 2.88 bits per heavy atom. The van der Waals surface area contributed by atoms with E-state index >= 15 is 0 Å². The molecule has 1 aromatic carbocycles. The molecule has 0 aliphatic rings. The van der Waals surface area contributed by atoms with Crippen LogP contribution in [0.4, 0.5) is 0 Å². The molecule has 0 aliphatic carbocycles. The number of ketones is 1. The third-order valence-corrected chi connectivity index (χ3v) is 3.32. The second-order valence-corrected chi connectivity index (χ2v) is 5.29. The molecule has 1 heterocycles. The highest BCUT2D eigenvalue weighted by molar-refractivity contribution is 7.07. The minimum atomic E-state index is 0.310. The van der Waals surface area contributed by atoms with Crippen LogP contribution in [0.5, 0.6) is 0 Å². The molecule has 84 valence electrons. The van der Waals surface area contributed by atoms with E-state index in [1.165, 1.54) is 11.5 Å². The number of rotatable bonds is 4. The van der Waals surface area contributed by atoms with Gasteiger partial charge in [-0.2, -0.15) is 4.37 Å². The molecule has 0 spiro atoms. The van der Waals surface area contributed by atoms with E-state index in [0.29, 0.717) is 24.5 Å². The van der Waals surface area contributed by atoms with Crippen molar-refractivity contribution in [3.05, 3.63) is 29.1 Å². The van der Waals surface area contributed by atoms with Gasteiger partial charge in [0, 0.05) is 23.1 Å². The monoisotopic (exact) mass is 233 g/mol. The van der Waals surface area contributed by atoms with E-state index in [-0.39, 0.29) is 0 Å². The summed E-state index contributed by atoms with van der Waals surface area (Å²) in [5.74, 6) is 0.746. The first-order chi connectivity index (χ1) is 7.66. The van der Waals surface area contributed by atoms with Gasteiger partial charge in [-0.3, -0.25) is 4.79 Å². The average molecular weight is 233 g/mol. The molecule has 2 aromatic rings. The van der Waals surface area contributed by atoms with E-state index in [0.717, 1.165) is 15.8 Å². The van der Waals surface area contributed by atoms with Crippen molar-refractivity contribution < 1.29 is 4.79 Å². The summed E-state index contributed by atoms with van der Waals surface area (Å²) in [6, 6.07) is 7.99. The summed E-state index contributed by atoms with van der Waals surface area (Å²) in [5, 5.41) is 1.13. The van der Waals surface area contributed by atoms with Crippen molar-refractivity contribution in [3.63, 3.8) is 0 Å². The number of hydrogen-bond acceptors (Lipinski definition) is 3. The number of hydrogen-bond donors (Lipinski definition) is 0. The lowest BCUT2D eigenvalue weighted by atomic mass is 10.0. The first-order valence-electron chi connectivity index (χ1n) is 5.52. The Bertz CT molecular complexity index is 501. The molecule has 0 bridgehead atoms. The van der Waals surface area contributed by atoms with Crippen LogP contribution in [0.25, 0.3) is 10.9 Å². The fourth-order valence-corrected chi connectivity index (χ4v) is 2.64. The number of carbonyl (C=O) groups is 1. The standard InChI is InChI=1S/C13H15NOS/c1-9(2)7-10(15)8-13-11-5-3-4-6-12(11)14-16-13/h3-6,9H,7-8H2,1-2H3. The number of aromatic nitrogens is 1. The quantitative estimate of drug-likeness (QED) is 0.809. The van der Waals surface area contributed by atoms with Gasteiger partial charge in [0.05, 0.1) is 5.52 Å². The van der Waals surface area contributed by atoms with Crippen molar-refractivity contribution >= 4 is 28.2 Å². The molecule has 0 amide bonds. The Morgan fingerprint density at radius 1 is 1.38 bits per heavy atom. The molecule has 2 nitrogen and oxygen atoms in total. The Kier molecular flexibility index (Phi) is 3.34. The van der Waals surface area contributed by atoms with Gasteiger partial charge in [-0.1, -0.05) is 32.0 Å². The minimum absolute atomic E-state index is 0.310. The van der Waals surface area contributed by atoms with Crippen LogP contribution in [0.1, 0.15) is 25.1 Å². The SMILES string of the molecule is CC(C)CC(=O)Cc1snc2ccccc12. The van der Waals surface area contributed by atoms with E-state index in [1.807, 2.05) is 24.3 Å². The maximum atomic E-state index is 11.7. The van der Waals surface area contributed by atoms with Crippen LogP contribution in [0.15, 0.2) is 24.3 Å². The van der Waals surface area contributed by atoms with Crippen LogP contribution in [-0.4, -0.2) is 10.2 Å². The van der Waals surface area contributed by atoms with Gasteiger partial charge in [0.25, 0.3) is 0 Å². The molecule has 1 aromatic heterocycles. The number of carbonyl (C=O) groups excluding carboxylic acids is 1. The van der Waals surface area contributed by atoms with E-state index < -0.39 is 0 Å². The molecule has 2 rings (SSSR count). The van der Waals surface area contributed by atoms with Crippen molar-refractivity contribution in [3.8, 4) is 0 Å². The van der Waals surface area contributed by atoms with Gasteiger partial charge in [-0.25, -0.2) is 0 Å². The lowest BCUT2D eigenvalue weighted by Crippen LogP contribution is -2.05. The Hall–Kier alpha value is -1.22. The molecular weight excluding hydrogens is 218 g/mol. The lowest BCUT2D eigenvalue weighted by molar-refractivity contribution is -0.119. The van der Waals surface area contributed by atoms with Gasteiger partial charge in [0.15, 0.2) is 0 Å². The van der Waals surface area contributed by atoms with Gasteiger partial charge in [0.2, 0.25) is 0 Å². The van der Waals surface area contributed by atoms with Gasteiger partial charge in [-0.05, 0) is 23.5 Å². The number of nitrogens with zero attached hydrogens (tertiary/aromatic N) is 1. The highest BCUT2D eigenvalue weighted by Gasteiger charge is 2.11. The van der Waals surface area contributed by atoms with E-state index in [9.17, 15) is 4.79 Å². The zero-order valence-corrected chi connectivity index (χ0v) is 10.4. The maximum absolute atomic E-state index is 11.7. The molecule has 0 atom stereocenters. The topological polar surface area (TPSA) is 30.0 Å². The molecule has 0 fully saturated rings. The highest BCUT2D eigenvalue weighted by atomic mass is 32.1. The molecular formula is C13H15NOS. The lowest BCUT2D eigenvalue weighted by Gasteiger charge is -2.02. The Labute approximate surface area is 99.5 Å². The van der Waals surface area contributed by atoms with Gasteiger partial charge >= 0.3 is 0 Å². The highest BCUT2D eigenvalue weighted by Crippen LogP contribution is 2.23. The molecule has 16 heavy (non-hydrogen) atoms. The summed E-state index contributed by atoms with van der Waals surface area (Å²) in [4.78, 5) is 12.8. The first-order valence-corrected chi connectivity index (χ1v) is 6.29. The third kappa shape index (κ3) is 2.47. The van der Waals surface area contributed by atoms with E-state index in [4.69, 9.17) is 0 Å². The van der Waals surface area contributed by atoms with Crippen molar-refractivity contribution in [1.29, 1.82) is 0 Å². The molecule has 0 N–H and O–H groups in total. The second kappa shape index (κ2) is 4.74. The smallest absolute Gasteiger partial charge is 0.138 e. The Morgan fingerprint density at radius 2 is 2.12 bits per heavy atom. The normalized spacial score (nSPS) is 11.2. The zero-order valence-electron chi connectivity index (χ0n) is 9.56. The molecule has 0 saturated heterocycles. The summed E-state index contributed by atoms with van der Waals surface area (Å²) in [6.07, 6.45) is 1.19. The maximum Gasteiger partial charge on any atom is 0.138 e. The second-order valence-electron chi connectivity index (χ2n) is 4.44. The fraction of sp³-hybridized carbons (Fsp3) is 0.385. The van der Waals surface area contributed by atoms with Gasteiger partial charge < -0.3 is 0 Å². The first kappa shape index (κ1) is 11.3. The summed E-state index contributed by atoms with van der Waals surface area (Å²) >= 11 is 1.45. The number of benzene rings is 1. The average Bonchev–Trinajstić information content (AvgIpc) is 2.61. The van der Waals surface area contributed by atoms with E-state index in [2.05, 4.69) is 18.2 Å². The van der Waals surface area contributed by atoms with Crippen LogP contribution in [0.2, 0.25) is 0 Å². The third-order valence-electron chi connectivity index (χ3n) is 2.45. The molecule has 3 heteroatoms. The summed E-state index contributed by atoms with van der Waals surface area (Å²) in [6.45, 7) is 4.14. The Balaban J connectivity index is 2.18. The zero-order chi connectivity index (χ0) is 11.5. The van der Waals surface area contributed by atoms with Crippen LogP contribution in [0.3, 0.4) is 0 Å². The number of Topliss-reactive ketones (excluding diaryl/α,β-unsaturated/α-hetero) is 1. The van der Waals surface area contributed by atoms with Crippen LogP contribution in [-0.2, 0) is 11.2 Å². The molecule has 0 saturated carbocycles. The van der Waals surface area contributed by atoms with Crippen molar-refractivity contribution in [2.45, 2.75) is 26.7 Å². The van der Waals surface area contributed by atoms with Crippen LogP contribution >= 0.6 is 11.5 Å². The van der Waals surface area contributed by atoms with Gasteiger partial charge in [-0.15, -0.1) is 0 Å². The van der Waals surface area contributed by atoms with Crippen molar-refractivity contribution in [2.24, 2.45) is 5.92 Å². The van der Waals surface area contributed by atoms with Gasteiger partial charge in [0.1, 0.15) is 5.78 Å². The fourth-order valence-electron chi connectivity index (χ4n) is 1.78. The van der Waals surface area contributed by atoms with Crippen molar-refractivity contribution in [2.75, 3.05) is 0 Å². The number of fused-ring (bicyclic) bond motifs is 1. The molecule has 0 unspecified atom stereocenters. The predicted octanol–water partition coefficient (Wildman–Crippen LogP) is 3.45. The summed E-state index contributed by atoms with van der Waals surface area (Å²) < 4.78 is 4.34. The summed E-state index contributed by atoms with van der Waals surface area (Å²) in [5.41, 5.74) is 1.000. The minimum Gasteiger partial charge on any atom is -0.299 e. The van der Waals surface area contributed by atoms with Crippen molar-refractivity contribution in [1.82, 2.24) is 4.37 Å². The largest absolute Gasteiger partial charge is 0.299 e. The summed E-state index contributed by atoms with van der Waals surface area (Å²) in [7, 11) is 0. The van der Waals surface area contributed by atoms with E-state index in [1.54, 1.807) is 0 Å². The molecule has 0 aliphatic heterocycles. The van der Waals surface area contributed by atoms with Crippen LogP contribution in [0, 0.1) is 5.92 Å². The molecule has 0 radical (unpaired) electrons. The van der Waals surface area contributed by atoms with Crippen LogP contribution < -0.4 is 0 Å².